The Morgan fingerprint density at radius 1 is 1.20 bits per heavy atom. The Morgan fingerprint density at radius 3 is 2.66 bits per heavy atom. The third-order valence-electron chi connectivity index (χ3n) is 6.59. The number of aromatic amines is 1. The molecule has 0 radical (unpaired) electrons. The number of hydrogen-bond donors (Lipinski definition) is 3. The minimum atomic E-state index is 0.262. The molecule has 8 heteroatoms. The molecular formula is C27H39N7S. The maximum Gasteiger partial charge on any atom is 0.181 e. The number of pyridine rings is 1. The summed E-state index contributed by atoms with van der Waals surface area (Å²) in [5, 5.41) is 7.21. The highest BCUT2D eigenvalue weighted by molar-refractivity contribution is 7.99. The molecule has 1 fully saturated rings. The number of hydrogen-bond acceptors (Lipinski definition) is 7. The third kappa shape index (κ3) is 6.23. The molecule has 3 aromatic rings. The van der Waals surface area contributed by atoms with Gasteiger partial charge in [-0.2, -0.15) is 0 Å². The summed E-state index contributed by atoms with van der Waals surface area (Å²) < 4.78 is 2.20. The van der Waals surface area contributed by atoms with Gasteiger partial charge in [0.15, 0.2) is 5.65 Å². The Morgan fingerprint density at radius 2 is 1.97 bits per heavy atom. The lowest BCUT2D eigenvalue weighted by Gasteiger charge is -2.27. The molecule has 4 rings (SSSR count). The molecule has 1 aromatic carbocycles. The van der Waals surface area contributed by atoms with E-state index in [1.807, 2.05) is 6.92 Å². The Labute approximate surface area is 213 Å². The molecule has 0 amide bonds. The van der Waals surface area contributed by atoms with Crippen molar-refractivity contribution in [1.82, 2.24) is 19.9 Å². The van der Waals surface area contributed by atoms with Crippen LogP contribution in [0.5, 0.6) is 0 Å². The second-order valence-electron chi connectivity index (χ2n) is 9.86. The van der Waals surface area contributed by atoms with Crippen molar-refractivity contribution in [2.45, 2.75) is 53.0 Å². The van der Waals surface area contributed by atoms with Crippen LogP contribution in [0.15, 0.2) is 36.0 Å². The first-order valence-electron chi connectivity index (χ1n) is 12.4. The summed E-state index contributed by atoms with van der Waals surface area (Å²) in [5.41, 5.74) is 7.37. The second-order valence-corrected chi connectivity index (χ2v) is 10.8. The maximum atomic E-state index is 4.75. The minimum absolute atomic E-state index is 0.262. The normalized spacial score (nSPS) is 14.0. The van der Waals surface area contributed by atoms with Crippen LogP contribution in [0.3, 0.4) is 0 Å². The van der Waals surface area contributed by atoms with Gasteiger partial charge in [-0.3, -0.25) is 0 Å². The van der Waals surface area contributed by atoms with Crippen molar-refractivity contribution in [2.75, 3.05) is 41.8 Å². The molecule has 0 saturated heterocycles. The zero-order valence-corrected chi connectivity index (χ0v) is 22.9. The third-order valence-corrected chi connectivity index (χ3v) is 7.34. The molecule has 7 nitrogen and oxygen atoms in total. The van der Waals surface area contributed by atoms with E-state index in [9.17, 15) is 0 Å². The van der Waals surface area contributed by atoms with E-state index in [1.165, 1.54) is 30.4 Å². The lowest BCUT2D eigenvalue weighted by molar-refractivity contribution is 0.358. The van der Waals surface area contributed by atoms with Gasteiger partial charge in [-0.1, -0.05) is 36.4 Å². The predicted molar refractivity (Wildman–Crippen MR) is 152 cm³/mol. The monoisotopic (exact) mass is 493 g/mol. The van der Waals surface area contributed by atoms with Crippen LogP contribution in [0.4, 0.5) is 22.9 Å². The van der Waals surface area contributed by atoms with Gasteiger partial charge in [0.1, 0.15) is 17.2 Å². The first-order valence-corrected chi connectivity index (χ1v) is 13.6. The summed E-state index contributed by atoms with van der Waals surface area (Å²) in [6.07, 6.45) is 8.22. The van der Waals surface area contributed by atoms with Gasteiger partial charge in [0.25, 0.3) is 0 Å². The number of nitrogens with one attached hydrogen (secondary N) is 3. The molecular weight excluding hydrogens is 454 g/mol. The van der Waals surface area contributed by atoms with E-state index >= 15 is 0 Å². The van der Waals surface area contributed by atoms with E-state index in [0.717, 1.165) is 52.3 Å². The molecule has 1 aliphatic carbocycles. The largest absolute Gasteiger partial charge is 0.374 e. The Hall–Kier alpha value is -2.87. The number of H-pyrrole nitrogens is 1. The van der Waals surface area contributed by atoms with E-state index in [0.29, 0.717) is 0 Å². The number of nitrogens with zero attached hydrogens (tertiary/aromatic N) is 4. The van der Waals surface area contributed by atoms with Crippen molar-refractivity contribution < 1.29 is 0 Å². The Balaban J connectivity index is 1.66. The van der Waals surface area contributed by atoms with Gasteiger partial charge in [-0.15, -0.1) is 0 Å². The lowest BCUT2D eigenvalue weighted by atomic mass is 10.1. The van der Waals surface area contributed by atoms with Crippen LogP contribution in [0, 0.1) is 12.8 Å². The van der Waals surface area contributed by atoms with Crippen LogP contribution >= 0.6 is 11.9 Å². The topological polar surface area (TPSA) is 72.1 Å². The van der Waals surface area contributed by atoms with Crippen LogP contribution in [0.25, 0.3) is 11.2 Å². The maximum absolute atomic E-state index is 4.75. The molecule has 2 heterocycles. The summed E-state index contributed by atoms with van der Waals surface area (Å²) in [4.78, 5) is 15.0. The van der Waals surface area contributed by atoms with Crippen molar-refractivity contribution in [3.8, 4) is 0 Å². The molecule has 1 unspecified atom stereocenters. The minimum Gasteiger partial charge on any atom is -0.374 e. The number of aromatic nitrogens is 3. The molecule has 2 aromatic heterocycles. The summed E-state index contributed by atoms with van der Waals surface area (Å²) in [6, 6.07) is 9.03. The fourth-order valence-electron chi connectivity index (χ4n) is 4.28. The molecule has 35 heavy (non-hydrogen) atoms. The fourth-order valence-corrected chi connectivity index (χ4v) is 4.62. The van der Waals surface area contributed by atoms with Crippen LogP contribution in [0.1, 0.15) is 57.5 Å². The molecule has 0 aliphatic heterocycles. The fraction of sp³-hybridized carbons (Fsp3) is 0.481. The smallest absolute Gasteiger partial charge is 0.181 e. The number of rotatable bonds is 11. The van der Waals surface area contributed by atoms with Gasteiger partial charge in [0.2, 0.25) is 0 Å². The standard InChI is InChI=1S/C27H39N7S/c1-17(2)16-33(5)18(3)21-10-11-22(24(14-21)34(6)35-7)31-23-15-25(28-13-12-20-8-9-20)32-27-26(23)29-19(4)30-27/h10-11,14-16,18,20H,8-9,12-13H2,1-7H3,(H3,28,29,30,31,32). The quantitative estimate of drug-likeness (QED) is 0.252. The summed E-state index contributed by atoms with van der Waals surface area (Å²) in [7, 11) is 4.24. The Kier molecular flexibility index (Phi) is 7.79. The number of benzene rings is 1. The number of fused-ring (bicyclic) bond motifs is 1. The number of allylic oxidation sites excluding steroid dienone is 1. The summed E-state index contributed by atoms with van der Waals surface area (Å²) in [6.45, 7) is 9.41. The summed E-state index contributed by atoms with van der Waals surface area (Å²) >= 11 is 1.70. The van der Waals surface area contributed by atoms with E-state index in [2.05, 4.69) is 101 Å². The average Bonchev–Trinajstić information content (AvgIpc) is 3.56. The first-order chi connectivity index (χ1) is 16.7. The molecule has 1 aliphatic rings. The van der Waals surface area contributed by atoms with Gasteiger partial charge in [-0.05, 0) is 63.9 Å². The van der Waals surface area contributed by atoms with Gasteiger partial charge in [0.05, 0.1) is 23.1 Å². The van der Waals surface area contributed by atoms with Crippen LogP contribution < -0.4 is 14.9 Å². The van der Waals surface area contributed by atoms with E-state index in [-0.39, 0.29) is 6.04 Å². The highest BCUT2D eigenvalue weighted by Crippen LogP contribution is 2.37. The highest BCUT2D eigenvalue weighted by atomic mass is 32.2. The van der Waals surface area contributed by atoms with E-state index in [4.69, 9.17) is 4.98 Å². The van der Waals surface area contributed by atoms with Crippen molar-refractivity contribution in [2.24, 2.45) is 5.92 Å². The number of imidazole rings is 1. The zero-order chi connectivity index (χ0) is 25.1. The molecule has 0 bridgehead atoms. The Bertz CT molecular complexity index is 1190. The molecule has 1 atom stereocenters. The molecule has 0 spiro atoms. The SMILES string of the molecule is CSN(C)c1cc(C(C)N(C)C=C(C)C)ccc1Nc1cc(NCCC2CC2)nc2nc(C)[nH]c12. The number of anilines is 4. The van der Waals surface area contributed by atoms with Crippen molar-refractivity contribution in [3.05, 3.63) is 47.4 Å². The highest BCUT2D eigenvalue weighted by Gasteiger charge is 2.21. The molecule has 1 saturated carbocycles. The second kappa shape index (κ2) is 10.8. The van der Waals surface area contributed by atoms with Crippen molar-refractivity contribution in [1.29, 1.82) is 0 Å². The number of aryl methyl sites for hydroxylation is 1. The summed E-state index contributed by atoms with van der Waals surface area (Å²) in [5.74, 6) is 2.61. The lowest BCUT2D eigenvalue weighted by Crippen LogP contribution is -2.17. The van der Waals surface area contributed by atoms with Gasteiger partial charge in [0, 0.05) is 33.0 Å². The van der Waals surface area contributed by atoms with Gasteiger partial charge in [-0.25, -0.2) is 9.97 Å². The van der Waals surface area contributed by atoms with Crippen molar-refractivity contribution >= 4 is 46.0 Å². The predicted octanol–water partition coefficient (Wildman–Crippen LogP) is 6.85. The van der Waals surface area contributed by atoms with E-state index in [1.54, 1.807) is 11.9 Å². The van der Waals surface area contributed by atoms with Crippen LogP contribution in [-0.4, -0.2) is 46.7 Å². The van der Waals surface area contributed by atoms with Gasteiger partial charge < -0.3 is 24.8 Å². The van der Waals surface area contributed by atoms with E-state index < -0.39 is 0 Å². The van der Waals surface area contributed by atoms with Crippen molar-refractivity contribution in [3.63, 3.8) is 0 Å². The molecule has 188 valence electrons. The van der Waals surface area contributed by atoms with Crippen LogP contribution in [0.2, 0.25) is 0 Å². The average molecular weight is 494 g/mol. The first kappa shape index (κ1) is 25.2. The molecule has 3 N–H and O–H groups in total. The zero-order valence-electron chi connectivity index (χ0n) is 22.1. The van der Waals surface area contributed by atoms with Crippen LogP contribution in [-0.2, 0) is 0 Å². The van der Waals surface area contributed by atoms with Gasteiger partial charge >= 0.3 is 0 Å².